The maximum atomic E-state index is 13.2. The molecule has 2 rings (SSSR count). The highest BCUT2D eigenvalue weighted by Crippen LogP contribution is 2.22. The van der Waals surface area contributed by atoms with Crippen LogP contribution in [0, 0.1) is 5.82 Å². The zero-order valence-electron chi connectivity index (χ0n) is 10.0. The number of Topliss-reactive ketones (excluding diaryl/α,β-unsaturated/α-hetero) is 1. The fourth-order valence-electron chi connectivity index (χ4n) is 1.79. The first-order chi connectivity index (χ1) is 9.09. The van der Waals surface area contributed by atoms with Gasteiger partial charge < -0.3 is 5.11 Å². The summed E-state index contributed by atoms with van der Waals surface area (Å²) in [6.07, 6.45) is -1.33. The van der Waals surface area contributed by atoms with Crippen molar-refractivity contribution in [2.75, 3.05) is 0 Å². The normalized spacial score (nSPS) is 12.2. The SMILES string of the molecule is O=C(Cc1cccc(F)c1Cl)C(O)c1ccccc1. The molecule has 0 saturated heterocycles. The average molecular weight is 279 g/mol. The Morgan fingerprint density at radius 2 is 1.84 bits per heavy atom. The van der Waals surface area contributed by atoms with E-state index in [1.807, 2.05) is 0 Å². The van der Waals surface area contributed by atoms with Crippen LogP contribution in [0.15, 0.2) is 48.5 Å². The molecule has 0 spiro atoms. The van der Waals surface area contributed by atoms with Crippen LogP contribution in [-0.2, 0) is 11.2 Å². The van der Waals surface area contributed by atoms with Crippen LogP contribution in [0.2, 0.25) is 5.02 Å². The first-order valence-corrected chi connectivity index (χ1v) is 6.16. The highest BCUT2D eigenvalue weighted by atomic mass is 35.5. The molecule has 19 heavy (non-hydrogen) atoms. The lowest BCUT2D eigenvalue weighted by Crippen LogP contribution is -2.14. The van der Waals surface area contributed by atoms with Crippen molar-refractivity contribution < 1.29 is 14.3 Å². The molecular weight excluding hydrogens is 267 g/mol. The zero-order chi connectivity index (χ0) is 13.8. The maximum absolute atomic E-state index is 13.2. The highest BCUT2D eigenvalue weighted by Gasteiger charge is 2.19. The first kappa shape index (κ1) is 13.7. The standard InChI is InChI=1S/C15H12ClFO2/c16-14-11(7-4-8-12(14)17)9-13(18)15(19)10-5-2-1-3-6-10/h1-8,15,19H,9H2. The summed E-state index contributed by atoms with van der Waals surface area (Å²) in [6, 6.07) is 12.9. The van der Waals surface area contributed by atoms with Gasteiger partial charge in [0.25, 0.3) is 0 Å². The minimum Gasteiger partial charge on any atom is -0.381 e. The first-order valence-electron chi connectivity index (χ1n) is 5.78. The van der Waals surface area contributed by atoms with E-state index in [0.29, 0.717) is 11.1 Å². The second-order valence-electron chi connectivity index (χ2n) is 4.17. The van der Waals surface area contributed by atoms with E-state index in [1.165, 1.54) is 12.1 Å². The van der Waals surface area contributed by atoms with Gasteiger partial charge in [0.1, 0.15) is 11.9 Å². The molecule has 0 fully saturated rings. The molecule has 0 bridgehead atoms. The summed E-state index contributed by atoms with van der Waals surface area (Å²) in [6.45, 7) is 0. The molecule has 1 atom stereocenters. The van der Waals surface area contributed by atoms with Gasteiger partial charge in [-0.1, -0.05) is 54.1 Å². The Morgan fingerprint density at radius 3 is 2.53 bits per heavy atom. The van der Waals surface area contributed by atoms with Crippen LogP contribution in [0.5, 0.6) is 0 Å². The third kappa shape index (κ3) is 3.19. The van der Waals surface area contributed by atoms with Crippen molar-refractivity contribution in [2.45, 2.75) is 12.5 Å². The Labute approximate surface area is 115 Å². The van der Waals surface area contributed by atoms with Crippen molar-refractivity contribution in [3.05, 3.63) is 70.5 Å². The summed E-state index contributed by atoms with van der Waals surface area (Å²) in [5.74, 6) is -0.986. The number of rotatable bonds is 4. The van der Waals surface area contributed by atoms with Gasteiger partial charge in [0.2, 0.25) is 0 Å². The topological polar surface area (TPSA) is 37.3 Å². The third-order valence-corrected chi connectivity index (χ3v) is 3.24. The Balaban J connectivity index is 2.15. The molecule has 0 aliphatic carbocycles. The molecule has 2 aromatic carbocycles. The van der Waals surface area contributed by atoms with Crippen molar-refractivity contribution >= 4 is 17.4 Å². The number of hydrogen-bond acceptors (Lipinski definition) is 2. The second kappa shape index (κ2) is 5.95. The number of benzene rings is 2. The summed E-state index contributed by atoms with van der Waals surface area (Å²) >= 11 is 5.78. The van der Waals surface area contributed by atoms with Gasteiger partial charge in [-0.15, -0.1) is 0 Å². The number of carbonyl (C=O) groups excluding carboxylic acids is 1. The second-order valence-corrected chi connectivity index (χ2v) is 4.55. The van der Waals surface area contributed by atoms with Crippen molar-refractivity contribution in [2.24, 2.45) is 0 Å². The number of hydrogen-bond donors (Lipinski definition) is 1. The van der Waals surface area contributed by atoms with Gasteiger partial charge in [0.15, 0.2) is 5.78 Å². The lowest BCUT2D eigenvalue weighted by Gasteiger charge is -2.10. The van der Waals surface area contributed by atoms with E-state index in [-0.39, 0.29) is 11.4 Å². The molecule has 0 heterocycles. The van der Waals surface area contributed by atoms with Gasteiger partial charge >= 0.3 is 0 Å². The lowest BCUT2D eigenvalue weighted by molar-refractivity contribution is -0.126. The van der Waals surface area contributed by atoms with E-state index in [4.69, 9.17) is 11.6 Å². The molecule has 2 aromatic rings. The molecule has 1 unspecified atom stereocenters. The van der Waals surface area contributed by atoms with Gasteiger partial charge in [0, 0.05) is 6.42 Å². The Morgan fingerprint density at radius 1 is 1.16 bits per heavy atom. The molecular formula is C15H12ClFO2. The largest absolute Gasteiger partial charge is 0.381 e. The number of aliphatic hydroxyl groups excluding tert-OH is 1. The quantitative estimate of drug-likeness (QED) is 0.931. The van der Waals surface area contributed by atoms with Crippen LogP contribution < -0.4 is 0 Å². The smallest absolute Gasteiger partial charge is 0.170 e. The fraction of sp³-hybridized carbons (Fsp3) is 0.133. The molecule has 0 aliphatic rings. The van der Waals surface area contributed by atoms with E-state index >= 15 is 0 Å². The van der Waals surface area contributed by atoms with Gasteiger partial charge in [0.05, 0.1) is 5.02 Å². The fourth-order valence-corrected chi connectivity index (χ4v) is 1.98. The van der Waals surface area contributed by atoms with Crippen LogP contribution in [0.3, 0.4) is 0 Å². The number of ketones is 1. The molecule has 2 nitrogen and oxygen atoms in total. The number of aliphatic hydroxyl groups is 1. The zero-order valence-corrected chi connectivity index (χ0v) is 10.8. The third-order valence-electron chi connectivity index (χ3n) is 2.82. The summed E-state index contributed by atoms with van der Waals surface area (Å²) in [4.78, 5) is 11.9. The average Bonchev–Trinajstić information content (AvgIpc) is 2.44. The maximum Gasteiger partial charge on any atom is 0.170 e. The Kier molecular flexibility index (Phi) is 4.30. The van der Waals surface area contributed by atoms with Crippen LogP contribution in [0.1, 0.15) is 17.2 Å². The van der Waals surface area contributed by atoms with Gasteiger partial charge in [-0.25, -0.2) is 4.39 Å². The predicted molar refractivity (Wildman–Crippen MR) is 71.5 cm³/mol. The van der Waals surface area contributed by atoms with Gasteiger partial charge in [-0.05, 0) is 17.2 Å². The molecule has 0 aromatic heterocycles. The molecule has 0 saturated carbocycles. The minimum absolute atomic E-state index is 0.0730. The lowest BCUT2D eigenvalue weighted by atomic mass is 10.00. The van der Waals surface area contributed by atoms with Crippen molar-refractivity contribution in [3.8, 4) is 0 Å². The molecule has 0 radical (unpaired) electrons. The van der Waals surface area contributed by atoms with Crippen LogP contribution in [0.4, 0.5) is 4.39 Å². The summed E-state index contributed by atoms with van der Waals surface area (Å²) in [5.41, 5.74) is 0.890. The molecule has 1 N–H and O–H groups in total. The monoisotopic (exact) mass is 278 g/mol. The van der Waals surface area contributed by atoms with Crippen molar-refractivity contribution in [1.82, 2.24) is 0 Å². The van der Waals surface area contributed by atoms with E-state index in [9.17, 15) is 14.3 Å². The Bertz CT molecular complexity index is 584. The molecule has 4 heteroatoms. The minimum atomic E-state index is -1.22. The van der Waals surface area contributed by atoms with Crippen LogP contribution in [-0.4, -0.2) is 10.9 Å². The summed E-state index contributed by atoms with van der Waals surface area (Å²) in [7, 11) is 0. The van der Waals surface area contributed by atoms with Crippen LogP contribution >= 0.6 is 11.6 Å². The van der Waals surface area contributed by atoms with Gasteiger partial charge in [-0.3, -0.25) is 4.79 Å². The van der Waals surface area contributed by atoms with E-state index < -0.39 is 17.7 Å². The number of carbonyl (C=O) groups is 1. The van der Waals surface area contributed by atoms with E-state index in [1.54, 1.807) is 36.4 Å². The highest BCUT2D eigenvalue weighted by molar-refractivity contribution is 6.31. The summed E-state index contributed by atoms with van der Waals surface area (Å²) < 4.78 is 13.2. The molecule has 98 valence electrons. The van der Waals surface area contributed by atoms with E-state index in [2.05, 4.69) is 0 Å². The van der Waals surface area contributed by atoms with Crippen molar-refractivity contribution in [1.29, 1.82) is 0 Å². The van der Waals surface area contributed by atoms with E-state index in [0.717, 1.165) is 0 Å². The van der Waals surface area contributed by atoms with Crippen LogP contribution in [0.25, 0.3) is 0 Å². The number of halogens is 2. The van der Waals surface area contributed by atoms with Gasteiger partial charge in [-0.2, -0.15) is 0 Å². The molecule has 0 aliphatic heterocycles. The molecule has 0 amide bonds. The van der Waals surface area contributed by atoms with Crippen molar-refractivity contribution in [3.63, 3.8) is 0 Å². The Hall–Kier alpha value is -1.71. The predicted octanol–water partition coefficient (Wildman–Crippen LogP) is 3.32. The summed E-state index contributed by atoms with van der Waals surface area (Å²) in [5, 5.41) is 9.85.